The first kappa shape index (κ1) is 13.1. The van der Waals surface area contributed by atoms with Gasteiger partial charge in [0.05, 0.1) is 7.11 Å². The fourth-order valence-electron chi connectivity index (χ4n) is 2.57. The highest BCUT2D eigenvalue weighted by atomic mass is 16.5. The molecular formula is C13H22N4O. The molecule has 3 N–H and O–H groups in total. The number of nitrogens with zero attached hydrogens (tertiary/aromatic N) is 2. The standard InChI is InChI=1S/C13H22N4O/c1-10-7-11(18-2)17-12(16-10)15-9-13(8-14)5-3-4-6-13/h7H,3-6,8-9,14H2,1-2H3,(H,15,16,17). The molecule has 1 aromatic heterocycles. The zero-order valence-electron chi connectivity index (χ0n) is 11.2. The number of rotatable bonds is 5. The van der Waals surface area contributed by atoms with Gasteiger partial charge in [-0.2, -0.15) is 4.98 Å². The lowest BCUT2D eigenvalue weighted by molar-refractivity contribution is 0.331. The number of aromatic nitrogens is 2. The Labute approximate surface area is 108 Å². The maximum atomic E-state index is 5.91. The summed E-state index contributed by atoms with van der Waals surface area (Å²) in [6.45, 7) is 3.50. The molecule has 2 rings (SSSR count). The van der Waals surface area contributed by atoms with Gasteiger partial charge in [-0.05, 0) is 31.7 Å². The van der Waals surface area contributed by atoms with Crippen molar-refractivity contribution in [2.24, 2.45) is 11.1 Å². The maximum absolute atomic E-state index is 5.91. The van der Waals surface area contributed by atoms with E-state index in [-0.39, 0.29) is 5.41 Å². The molecule has 18 heavy (non-hydrogen) atoms. The molecule has 0 radical (unpaired) electrons. The minimum atomic E-state index is 0.223. The summed E-state index contributed by atoms with van der Waals surface area (Å²) in [5, 5.41) is 3.31. The predicted octanol–water partition coefficient (Wildman–Crippen LogP) is 1.72. The van der Waals surface area contributed by atoms with Gasteiger partial charge >= 0.3 is 0 Å². The topological polar surface area (TPSA) is 73.1 Å². The van der Waals surface area contributed by atoms with E-state index in [1.807, 2.05) is 13.0 Å². The second kappa shape index (κ2) is 5.52. The summed E-state index contributed by atoms with van der Waals surface area (Å²) < 4.78 is 5.14. The molecule has 100 valence electrons. The number of hydrogen-bond donors (Lipinski definition) is 2. The molecule has 1 fully saturated rings. The molecule has 0 atom stereocenters. The number of methoxy groups -OCH3 is 1. The molecule has 5 nitrogen and oxygen atoms in total. The van der Waals surface area contributed by atoms with Gasteiger partial charge in [-0.25, -0.2) is 4.98 Å². The van der Waals surface area contributed by atoms with Crippen molar-refractivity contribution >= 4 is 5.95 Å². The van der Waals surface area contributed by atoms with Gasteiger partial charge in [0, 0.05) is 18.3 Å². The van der Waals surface area contributed by atoms with Crippen molar-refractivity contribution in [1.29, 1.82) is 0 Å². The summed E-state index contributed by atoms with van der Waals surface area (Å²) in [5.74, 6) is 1.23. The first-order chi connectivity index (χ1) is 8.67. The van der Waals surface area contributed by atoms with Crippen molar-refractivity contribution in [2.45, 2.75) is 32.6 Å². The average Bonchev–Trinajstić information content (AvgIpc) is 2.85. The molecule has 0 saturated heterocycles. The van der Waals surface area contributed by atoms with Gasteiger partial charge in [-0.1, -0.05) is 12.8 Å². The Kier molecular flexibility index (Phi) is 4.01. The summed E-state index contributed by atoms with van der Waals surface area (Å²) >= 11 is 0. The van der Waals surface area contributed by atoms with Crippen LogP contribution in [-0.4, -0.2) is 30.2 Å². The minimum absolute atomic E-state index is 0.223. The third-order valence-electron chi connectivity index (χ3n) is 3.76. The third kappa shape index (κ3) is 2.90. The molecular weight excluding hydrogens is 228 g/mol. The van der Waals surface area contributed by atoms with E-state index >= 15 is 0 Å². The van der Waals surface area contributed by atoms with E-state index in [2.05, 4.69) is 15.3 Å². The highest BCUT2D eigenvalue weighted by Gasteiger charge is 2.32. The Balaban J connectivity index is 2.03. The van der Waals surface area contributed by atoms with Gasteiger partial charge in [0.1, 0.15) is 0 Å². The van der Waals surface area contributed by atoms with Crippen LogP contribution in [0.1, 0.15) is 31.4 Å². The van der Waals surface area contributed by atoms with Crippen LogP contribution in [0.5, 0.6) is 5.88 Å². The molecule has 1 saturated carbocycles. The fourth-order valence-corrected chi connectivity index (χ4v) is 2.57. The van der Waals surface area contributed by atoms with Gasteiger partial charge in [0.15, 0.2) is 0 Å². The van der Waals surface area contributed by atoms with Crippen LogP contribution in [0.2, 0.25) is 0 Å². The van der Waals surface area contributed by atoms with Crippen LogP contribution in [0, 0.1) is 12.3 Å². The monoisotopic (exact) mass is 250 g/mol. The van der Waals surface area contributed by atoms with Crippen molar-refractivity contribution in [3.63, 3.8) is 0 Å². The maximum Gasteiger partial charge on any atom is 0.226 e. The van der Waals surface area contributed by atoms with E-state index in [9.17, 15) is 0 Å². The highest BCUT2D eigenvalue weighted by Crippen LogP contribution is 2.37. The van der Waals surface area contributed by atoms with Crippen molar-refractivity contribution in [3.05, 3.63) is 11.8 Å². The summed E-state index contributed by atoms with van der Waals surface area (Å²) in [5.41, 5.74) is 7.04. The van der Waals surface area contributed by atoms with E-state index in [4.69, 9.17) is 10.5 Å². The summed E-state index contributed by atoms with van der Waals surface area (Å²) in [7, 11) is 1.61. The highest BCUT2D eigenvalue weighted by molar-refractivity contribution is 5.31. The van der Waals surface area contributed by atoms with E-state index < -0.39 is 0 Å². The predicted molar refractivity (Wildman–Crippen MR) is 71.8 cm³/mol. The molecule has 0 spiro atoms. The Morgan fingerprint density at radius 2 is 2.11 bits per heavy atom. The van der Waals surface area contributed by atoms with Crippen LogP contribution in [0.25, 0.3) is 0 Å². The fraction of sp³-hybridized carbons (Fsp3) is 0.692. The number of hydrogen-bond acceptors (Lipinski definition) is 5. The number of nitrogens with two attached hydrogens (primary N) is 1. The van der Waals surface area contributed by atoms with Gasteiger partial charge in [-0.15, -0.1) is 0 Å². The SMILES string of the molecule is COc1cc(C)nc(NCC2(CN)CCCC2)n1. The normalized spacial score (nSPS) is 17.7. The number of aryl methyl sites for hydroxylation is 1. The van der Waals surface area contributed by atoms with Gasteiger partial charge in [0.2, 0.25) is 11.8 Å². The molecule has 1 aliphatic carbocycles. The van der Waals surface area contributed by atoms with E-state index in [0.717, 1.165) is 18.8 Å². The van der Waals surface area contributed by atoms with E-state index in [0.29, 0.717) is 11.8 Å². The second-order valence-electron chi connectivity index (χ2n) is 5.14. The van der Waals surface area contributed by atoms with Crippen molar-refractivity contribution in [3.8, 4) is 5.88 Å². The smallest absolute Gasteiger partial charge is 0.226 e. The quantitative estimate of drug-likeness (QED) is 0.832. The summed E-state index contributed by atoms with van der Waals surface area (Å²) in [6.07, 6.45) is 4.94. The van der Waals surface area contributed by atoms with Gasteiger partial charge < -0.3 is 15.8 Å². The first-order valence-corrected chi connectivity index (χ1v) is 6.51. The van der Waals surface area contributed by atoms with Crippen LogP contribution >= 0.6 is 0 Å². The first-order valence-electron chi connectivity index (χ1n) is 6.51. The van der Waals surface area contributed by atoms with Crippen LogP contribution in [0.15, 0.2) is 6.07 Å². The molecule has 0 bridgehead atoms. The zero-order valence-corrected chi connectivity index (χ0v) is 11.2. The van der Waals surface area contributed by atoms with Crippen LogP contribution in [-0.2, 0) is 0 Å². The number of nitrogens with one attached hydrogen (secondary N) is 1. The number of anilines is 1. The molecule has 0 unspecified atom stereocenters. The van der Waals surface area contributed by atoms with Crippen molar-refractivity contribution in [2.75, 3.05) is 25.5 Å². The Morgan fingerprint density at radius 1 is 1.39 bits per heavy atom. The molecule has 0 aliphatic heterocycles. The Hall–Kier alpha value is -1.36. The largest absolute Gasteiger partial charge is 0.481 e. The molecule has 0 aromatic carbocycles. The van der Waals surface area contributed by atoms with Crippen LogP contribution in [0.3, 0.4) is 0 Å². The van der Waals surface area contributed by atoms with E-state index in [1.54, 1.807) is 7.11 Å². The summed E-state index contributed by atoms with van der Waals surface area (Å²) in [4.78, 5) is 8.66. The van der Waals surface area contributed by atoms with Crippen LogP contribution in [0.4, 0.5) is 5.95 Å². The average molecular weight is 250 g/mol. The third-order valence-corrected chi connectivity index (χ3v) is 3.76. The van der Waals surface area contributed by atoms with Crippen molar-refractivity contribution < 1.29 is 4.74 Å². The lowest BCUT2D eigenvalue weighted by Gasteiger charge is -2.27. The van der Waals surface area contributed by atoms with Gasteiger partial charge in [-0.3, -0.25) is 0 Å². The Morgan fingerprint density at radius 3 is 2.72 bits per heavy atom. The lowest BCUT2D eigenvalue weighted by Crippen LogP contribution is -2.35. The van der Waals surface area contributed by atoms with Crippen molar-refractivity contribution in [1.82, 2.24) is 9.97 Å². The zero-order chi connectivity index (χ0) is 13.0. The van der Waals surface area contributed by atoms with E-state index in [1.165, 1.54) is 25.7 Å². The molecule has 1 aliphatic rings. The molecule has 1 heterocycles. The lowest BCUT2D eigenvalue weighted by atomic mass is 9.86. The number of ether oxygens (including phenoxy) is 1. The summed E-state index contributed by atoms with van der Waals surface area (Å²) in [6, 6.07) is 1.82. The van der Waals surface area contributed by atoms with Crippen LogP contribution < -0.4 is 15.8 Å². The molecule has 0 amide bonds. The molecule has 5 heteroatoms. The second-order valence-corrected chi connectivity index (χ2v) is 5.14. The molecule has 1 aromatic rings. The minimum Gasteiger partial charge on any atom is -0.481 e. The van der Waals surface area contributed by atoms with Gasteiger partial charge in [0.25, 0.3) is 0 Å². The Bertz CT molecular complexity index is 402.